The Bertz CT molecular complexity index is 418. The van der Waals surface area contributed by atoms with Crippen molar-refractivity contribution in [1.29, 1.82) is 5.26 Å². The molecule has 1 aromatic carbocycles. The van der Waals surface area contributed by atoms with Gasteiger partial charge in [0.1, 0.15) is 0 Å². The Hall–Kier alpha value is -1.21. The Morgan fingerprint density at radius 1 is 1.40 bits per heavy atom. The third kappa shape index (κ3) is 2.63. The van der Waals surface area contributed by atoms with Gasteiger partial charge >= 0.3 is 6.18 Å². The van der Waals surface area contributed by atoms with Gasteiger partial charge in [-0.2, -0.15) is 18.4 Å². The van der Waals surface area contributed by atoms with Crippen LogP contribution < -0.4 is 0 Å². The molecule has 0 aliphatic carbocycles. The van der Waals surface area contributed by atoms with Gasteiger partial charge in [0.2, 0.25) is 0 Å². The first-order chi connectivity index (χ1) is 6.86. The molecule has 0 unspecified atom stereocenters. The monoisotopic (exact) mass is 233 g/mol. The highest BCUT2D eigenvalue weighted by molar-refractivity contribution is 6.31. The standard InChI is InChI=1S/C10H7ClF3N/c1-6-4-8(10(12,13)14)7(2-3-15)5-9(6)11/h4-5H,2H2,1H3. The number of rotatable bonds is 1. The van der Waals surface area contributed by atoms with Crippen LogP contribution in [-0.4, -0.2) is 0 Å². The molecule has 15 heavy (non-hydrogen) atoms. The van der Waals surface area contributed by atoms with E-state index in [1.54, 1.807) is 6.07 Å². The van der Waals surface area contributed by atoms with Crippen LogP contribution in [0.25, 0.3) is 0 Å². The smallest absolute Gasteiger partial charge is 0.198 e. The Morgan fingerprint density at radius 3 is 2.47 bits per heavy atom. The van der Waals surface area contributed by atoms with Crippen LogP contribution in [-0.2, 0) is 12.6 Å². The summed E-state index contributed by atoms with van der Waals surface area (Å²) in [7, 11) is 0. The van der Waals surface area contributed by atoms with Crippen LogP contribution in [0, 0.1) is 18.3 Å². The van der Waals surface area contributed by atoms with Crippen molar-refractivity contribution >= 4 is 11.6 Å². The average Bonchev–Trinajstić information content (AvgIpc) is 2.09. The molecule has 80 valence electrons. The molecular weight excluding hydrogens is 227 g/mol. The molecular formula is C10H7ClF3N. The van der Waals surface area contributed by atoms with Gasteiger partial charge in [-0.05, 0) is 30.2 Å². The first kappa shape index (κ1) is 11.9. The van der Waals surface area contributed by atoms with Crippen LogP contribution in [0.5, 0.6) is 0 Å². The fourth-order valence-corrected chi connectivity index (χ4v) is 1.40. The summed E-state index contributed by atoms with van der Waals surface area (Å²) in [6.45, 7) is 1.49. The Morgan fingerprint density at radius 2 is 2.00 bits per heavy atom. The molecule has 0 N–H and O–H groups in total. The summed E-state index contributed by atoms with van der Waals surface area (Å²) >= 11 is 5.69. The molecule has 0 heterocycles. The molecule has 0 aliphatic rings. The zero-order valence-electron chi connectivity index (χ0n) is 7.82. The summed E-state index contributed by atoms with van der Waals surface area (Å²) in [5, 5.41) is 8.65. The van der Waals surface area contributed by atoms with Crippen molar-refractivity contribution in [2.75, 3.05) is 0 Å². The highest BCUT2D eigenvalue weighted by atomic mass is 35.5. The predicted octanol–water partition coefficient (Wildman–Crippen LogP) is 3.73. The number of halogens is 4. The van der Waals surface area contributed by atoms with E-state index in [1.807, 2.05) is 0 Å². The van der Waals surface area contributed by atoms with Crippen LogP contribution in [0.15, 0.2) is 12.1 Å². The molecule has 0 saturated heterocycles. The zero-order chi connectivity index (χ0) is 11.6. The molecule has 0 bridgehead atoms. The normalized spacial score (nSPS) is 11.2. The van der Waals surface area contributed by atoms with E-state index in [0.29, 0.717) is 5.56 Å². The fourth-order valence-electron chi connectivity index (χ4n) is 1.22. The van der Waals surface area contributed by atoms with E-state index >= 15 is 0 Å². The van der Waals surface area contributed by atoms with Gasteiger partial charge in [0, 0.05) is 5.02 Å². The zero-order valence-corrected chi connectivity index (χ0v) is 8.58. The molecule has 5 heteroatoms. The van der Waals surface area contributed by atoms with Gasteiger partial charge < -0.3 is 0 Å². The van der Waals surface area contributed by atoms with Gasteiger partial charge in [-0.15, -0.1) is 0 Å². The van der Waals surface area contributed by atoms with Crippen molar-refractivity contribution in [3.63, 3.8) is 0 Å². The first-order valence-electron chi connectivity index (χ1n) is 4.09. The van der Waals surface area contributed by atoms with Crippen molar-refractivity contribution in [3.8, 4) is 6.07 Å². The molecule has 1 rings (SSSR count). The lowest BCUT2D eigenvalue weighted by atomic mass is 10.0. The molecule has 0 radical (unpaired) electrons. The molecule has 0 aromatic heterocycles. The summed E-state index contributed by atoms with van der Waals surface area (Å²) in [4.78, 5) is 0. The van der Waals surface area contributed by atoms with Gasteiger partial charge in [-0.3, -0.25) is 0 Å². The van der Waals surface area contributed by atoms with Gasteiger partial charge in [0.05, 0.1) is 18.1 Å². The molecule has 0 amide bonds. The molecule has 0 aliphatic heterocycles. The van der Waals surface area contributed by atoms with Crippen LogP contribution in [0.3, 0.4) is 0 Å². The second-order valence-electron chi connectivity index (χ2n) is 3.09. The van der Waals surface area contributed by atoms with E-state index < -0.39 is 11.7 Å². The van der Waals surface area contributed by atoms with Crippen LogP contribution >= 0.6 is 11.6 Å². The lowest BCUT2D eigenvalue weighted by Gasteiger charge is -2.12. The van der Waals surface area contributed by atoms with E-state index in [2.05, 4.69) is 0 Å². The van der Waals surface area contributed by atoms with Crippen LogP contribution in [0.4, 0.5) is 13.2 Å². The summed E-state index contributed by atoms with van der Waals surface area (Å²) in [6, 6.07) is 3.85. The number of alkyl halides is 3. The maximum atomic E-state index is 12.5. The fraction of sp³-hybridized carbons (Fsp3) is 0.300. The minimum atomic E-state index is -4.44. The van der Waals surface area contributed by atoms with Crippen molar-refractivity contribution in [2.24, 2.45) is 0 Å². The molecule has 0 saturated carbocycles. The van der Waals surface area contributed by atoms with Crippen LogP contribution in [0.1, 0.15) is 16.7 Å². The third-order valence-electron chi connectivity index (χ3n) is 1.96. The maximum absolute atomic E-state index is 12.5. The number of hydrogen-bond donors (Lipinski definition) is 0. The summed E-state index contributed by atoms with van der Waals surface area (Å²) in [5.74, 6) is 0. The van der Waals surface area contributed by atoms with Crippen LogP contribution in [0.2, 0.25) is 5.02 Å². The topological polar surface area (TPSA) is 23.8 Å². The van der Waals surface area contributed by atoms with Crippen molar-refractivity contribution in [3.05, 3.63) is 33.8 Å². The predicted molar refractivity (Wildman–Crippen MR) is 50.5 cm³/mol. The minimum Gasteiger partial charge on any atom is -0.198 e. The number of nitrogens with zero attached hydrogens (tertiary/aromatic N) is 1. The lowest BCUT2D eigenvalue weighted by molar-refractivity contribution is -0.138. The third-order valence-corrected chi connectivity index (χ3v) is 2.37. The molecule has 1 nitrogen and oxygen atoms in total. The second-order valence-corrected chi connectivity index (χ2v) is 3.50. The molecule has 0 spiro atoms. The molecule has 0 fully saturated rings. The van der Waals surface area contributed by atoms with Gasteiger partial charge in [-0.1, -0.05) is 11.6 Å². The van der Waals surface area contributed by atoms with E-state index in [1.165, 1.54) is 13.0 Å². The van der Waals surface area contributed by atoms with Crippen molar-refractivity contribution < 1.29 is 13.2 Å². The molecule has 1 aromatic rings. The number of nitriles is 1. The number of aryl methyl sites for hydroxylation is 1. The number of hydrogen-bond acceptors (Lipinski definition) is 1. The molecule has 0 atom stereocenters. The quantitative estimate of drug-likeness (QED) is 0.725. The Labute approximate surface area is 90.1 Å². The van der Waals surface area contributed by atoms with E-state index in [9.17, 15) is 13.2 Å². The van der Waals surface area contributed by atoms with E-state index in [0.717, 1.165) is 6.07 Å². The minimum absolute atomic E-state index is 0.0828. The van der Waals surface area contributed by atoms with Crippen molar-refractivity contribution in [2.45, 2.75) is 19.5 Å². The number of benzene rings is 1. The highest BCUT2D eigenvalue weighted by Crippen LogP contribution is 2.34. The lowest BCUT2D eigenvalue weighted by Crippen LogP contribution is -2.09. The van der Waals surface area contributed by atoms with Gasteiger partial charge in [-0.25, -0.2) is 0 Å². The largest absolute Gasteiger partial charge is 0.416 e. The first-order valence-corrected chi connectivity index (χ1v) is 4.47. The van der Waals surface area contributed by atoms with Gasteiger partial charge in [0.15, 0.2) is 0 Å². The maximum Gasteiger partial charge on any atom is 0.416 e. The second kappa shape index (κ2) is 4.11. The van der Waals surface area contributed by atoms with E-state index in [-0.39, 0.29) is 17.0 Å². The van der Waals surface area contributed by atoms with E-state index in [4.69, 9.17) is 16.9 Å². The average molecular weight is 234 g/mol. The van der Waals surface area contributed by atoms with Gasteiger partial charge in [0.25, 0.3) is 0 Å². The summed E-state index contributed by atoms with van der Waals surface area (Å²) in [5.41, 5.74) is -0.516. The summed E-state index contributed by atoms with van der Waals surface area (Å²) < 4.78 is 37.6. The van der Waals surface area contributed by atoms with Crippen molar-refractivity contribution in [1.82, 2.24) is 0 Å². The highest BCUT2D eigenvalue weighted by Gasteiger charge is 2.33. The Kier molecular flexibility index (Phi) is 3.25. The SMILES string of the molecule is Cc1cc(C(F)(F)F)c(CC#N)cc1Cl. The Balaban J connectivity index is 3.36. The summed E-state index contributed by atoms with van der Waals surface area (Å²) in [6.07, 6.45) is -4.74.